The van der Waals surface area contributed by atoms with Crippen LogP contribution in [0.5, 0.6) is 0 Å². The quantitative estimate of drug-likeness (QED) is 0.675. The molecule has 2 amide bonds. The molecule has 2 aromatic heterocycles. The number of morpholine rings is 1. The van der Waals surface area contributed by atoms with E-state index in [1.54, 1.807) is 36.3 Å². The zero-order valence-electron chi connectivity index (χ0n) is 19.4. The predicted octanol–water partition coefficient (Wildman–Crippen LogP) is 4.49. The number of carbonyl (C=O) groups is 2. The molecule has 1 atom stereocenters. The lowest BCUT2D eigenvalue weighted by atomic mass is 10.0. The number of pyridine rings is 2. The monoisotopic (exact) mass is 462 g/mol. The molecule has 0 aromatic carbocycles. The van der Waals surface area contributed by atoms with Crippen LogP contribution in [0.1, 0.15) is 56.7 Å². The summed E-state index contributed by atoms with van der Waals surface area (Å²) in [4.78, 5) is 34.8. The third-order valence-corrected chi connectivity index (χ3v) is 4.67. The van der Waals surface area contributed by atoms with Crippen LogP contribution < -0.4 is 5.32 Å². The fourth-order valence-corrected chi connectivity index (χ4v) is 3.34. The number of ether oxygens (including phenoxy) is 2. The Labute approximate surface area is 194 Å². The third kappa shape index (κ3) is 6.64. The molecule has 3 heterocycles. The molecule has 1 saturated heterocycles. The van der Waals surface area contributed by atoms with Gasteiger partial charge in [0.1, 0.15) is 16.4 Å². The first-order chi connectivity index (χ1) is 15.2. The van der Waals surface area contributed by atoms with Crippen molar-refractivity contribution >= 4 is 23.6 Å². The minimum absolute atomic E-state index is 0.273. The number of nitrogens with zero attached hydrogens (tertiary/aromatic N) is 3. The molecule has 0 bridgehead atoms. The van der Waals surface area contributed by atoms with Crippen molar-refractivity contribution in [1.82, 2.24) is 20.2 Å². The zero-order chi connectivity index (χ0) is 23.9. The maximum Gasteiger partial charge on any atom is 0.410 e. The molecular formula is C23H31ClN4O4. The first-order valence-electron chi connectivity index (χ1n) is 10.6. The van der Waals surface area contributed by atoms with E-state index in [-0.39, 0.29) is 22.8 Å². The number of carbonyl (C=O) groups excluding carboxylic acids is 2. The van der Waals surface area contributed by atoms with Crippen molar-refractivity contribution in [2.75, 3.05) is 26.8 Å². The zero-order valence-corrected chi connectivity index (χ0v) is 20.2. The molecule has 1 aliphatic heterocycles. The largest absolute Gasteiger partial charge is 0.444 e. The number of aromatic nitrogens is 2. The summed E-state index contributed by atoms with van der Waals surface area (Å²) in [6, 6.07) is 6.57. The highest BCUT2D eigenvalue weighted by atomic mass is 35.5. The molecule has 0 radical (unpaired) electrons. The molecule has 0 spiro atoms. The van der Waals surface area contributed by atoms with Crippen molar-refractivity contribution in [1.29, 1.82) is 0 Å². The lowest BCUT2D eigenvalue weighted by Crippen LogP contribution is -2.45. The van der Waals surface area contributed by atoms with E-state index in [9.17, 15) is 9.59 Å². The average Bonchev–Trinajstić information content (AvgIpc) is 2.78. The smallest absolute Gasteiger partial charge is 0.410 e. The lowest BCUT2D eigenvalue weighted by molar-refractivity contribution is -0.0331. The average molecular weight is 463 g/mol. The predicted molar refractivity (Wildman–Crippen MR) is 124 cm³/mol. The van der Waals surface area contributed by atoms with Crippen LogP contribution in [0, 0.1) is 0 Å². The van der Waals surface area contributed by atoms with Crippen LogP contribution in [0.15, 0.2) is 30.5 Å². The number of amides is 2. The van der Waals surface area contributed by atoms with Crippen LogP contribution in [-0.2, 0) is 9.47 Å². The SMILES string of the molecule is CC.CNC(=O)c1cc(-c2cc(C3COCCN3C(=O)OC(C)(C)C)cc(Cl)n2)ccn1. The van der Waals surface area contributed by atoms with E-state index in [0.29, 0.717) is 31.0 Å². The highest BCUT2D eigenvalue weighted by Crippen LogP contribution is 2.30. The molecule has 9 heteroatoms. The van der Waals surface area contributed by atoms with Gasteiger partial charge in [-0.15, -0.1) is 0 Å². The Morgan fingerprint density at radius 2 is 1.97 bits per heavy atom. The lowest BCUT2D eigenvalue weighted by Gasteiger charge is -2.37. The molecule has 3 rings (SSSR count). The summed E-state index contributed by atoms with van der Waals surface area (Å²) >= 11 is 6.30. The summed E-state index contributed by atoms with van der Waals surface area (Å²) in [6.45, 7) is 10.6. The van der Waals surface area contributed by atoms with Crippen LogP contribution in [0.2, 0.25) is 5.15 Å². The maximum atomic E-state index is 12.7. The highest BCUT2D eigenvalue weighted by molar-refractivity contribution is 6.29. The summed E-state index contributed by atoms with van der Waals surface area (Å²) in [7, 11) is 1.54. The van der Waals surface area contributed by atoms with Gasteiger partial charge in [-0.05, 0) is 50.6 Å². The molecule has 32 heavy (non-hydrogen) atoms. The number of nitrogens with one attached hydrogen (secondary N) is 1. The van der Waals surface area contributed by atoms with Crippen LogP contribution in [0.4, 0.5) is 4.79 Å². The summed E-state index contributed by atoms with van der Waals surface area (Å²) in [5, 5.41) is 2.82. The van der Waals surface area contributed by atoms with Crippen LogP contribution in [0.25, 0.3) is 11.3 Å². The minimum atomic E-state index is -0.603. The molecule has 0 aliphatic carbocycles. The maximum absolute atomic E-state index is 12.7. The van der Waals surface area contributed by atoms with E-state index < -0.39 is 11.7 Å². The number of rotatable bonds is 3. The van der Waals surface area contributed by atoms with E-state index in [0.717, 1.165) is 5.56 Å². The standard InChI is InChI=1S/C21H25ClN4O4.C2H6/c1-21(2,3)30-20(28)26-7-8-29-12-17(26)14-10-15(25-18(22)11-14)13-5-6-24-16(9-13)19(27)23-4;1-2/h5-6,9-11,17H,7-8,12H2,1-4H3,(H,23,27);1-2H3. The Morgan fingerprint density at radius 1 is 1.25 bits per heavy atom. The Morgan fingerprint density at radius 3 is 2.62 bits per heavy atom. The van der Waals surface area contributed by atoms with Gasteiger partial charge in [-0.2, -0.15) is 0 Å². The third-order valence-electron chi connectivity index (χ3n) is 4.47. The second-order valence-corrected chi connectivity index (χ2v) is 8.27. The molecule has 0 saturated carbocycles. The van der Waals surface area contributed by atoms with Gasteiger partial charge in [0.25, 0.3) is 5.91 Å². The van der Waals surface area contributed by atoms with E-state index in [2.05, 4.69) is 15.3 Å². The van der Waals surface area contributed by atoms with Gasteiger partial charge < -0.3 is 14.8 Å². The fourth-order valence-electron chi connectivity index (χ4n) is 3.12. The molecule has 1 unspecified atom stereocenters. The molecular weight excluding hydrogens is 432 g/mol. The Kier molecular flexibility index (Phi) is 8.98. The molecule has 1 aliphatic rings. The van der Waals surface area contributed by atoms with Gasteiger partial charge in [0.05, 0.1) is 24.9 Å². The van der Waals surface area contributed by atoms with Gasteiger partial charge in [0, 0.05) is 25.4 Å². The second kappa shape index (κ2) is 11.2. The Bertz CT molecular complexity index is 946. The topological polar surface area (TPSA) is 93.7 Å². The van der Waals surface area contributed by atoms with Crippen molar-refractivity contribution in [3.63, 3.8) is 0 Å². The summed E-state index contributed by atoms with van der Waals surface area (Å²) < 4.78 is 11.2. The van der Waals surface area contributed by atoms with Crippen LogP contribution in [0.3, 0.4) is 0 Å². The first-order valence-corrected chi connectivity index (χ1v) is 11.0. The van der Waals surface area contributed by atoms with Gasteiger partial charge in [-0.25, -0.2) is 9.78 Å². The molecule has 8 nitrogen and oxygen atoms in total. The summed E-state index contributed by atoms with van der Waals surface area (Å²) in [5.74, 6) is -0.295. The molecule has 2 aromatic rings. The Balaban J connectivity index is 0.00000176. The van der Waals surface area contributed by atoms with E-state index in [4.69, 9.17) is 21.1 Å². The van der Waals surface area contributed by atoms with Crippen LogP contribution >= 0.6 is 11.6 Å². The normalized spacial score (nSPS) is 16.0. The van der Waals surface area contributed by atoms with Gasteiger partial charge in [0.2, 0.25) is 0 Å². The van der Waals surface area contributed by atoms with Crippen molar-refractivity contribution in [3.8, 4) is 11.3 Å². The van der Waals surface area contributed by atoms with E-state index >= 15 is 0 Å². The van der Waals surface area contributed by atoms with E-state index in [1.165, 1.54) is 0 Å². The Hall–Kier alpha value is -2.71. The minimum Gasteiger partial charge on any atom is -0.444 e. The van der Waals surface area contributed by atoms with Crippen molar-refractivity contribution in [2.24, 2.45) is 0 Å². The number of halogens is 1. The fraction of sp³-hybridized carbons (Fsp3) is 0.478. The molecule has 1 fully saturated rings. The molecule has 174 valence electrons. The number of hydrogen-bond donors (Lipinski definition) is 1. The summed E-state index contributed by atoms with van der Waals surface area (Å²) in [5.41, 5.74) is 1.70. The second-order valence-electron chi connectivity index (χ2n) is 7.88. The van der Waals surface area contributed by atoms with E-state index in [1.807, 2.05) is 40.7 Å². The van der Waals surface area contributed by atoms with Gasteiger partial charge in [0.15, 0.2) is 0 Å². The van der Waals surface area contributed by atoms with Crippen molar-refractivity contribution < 1.29 is 19.1 Å². The van der Waals surface area contributed by atoms with Crippen molar-refractivity contribution in [2.45, 2.75) is 46.3 Å². The molecule has 1 N–H and O–H groups in total. The van der Waals surface area contributed by atoms with Gasteiger partial charge >= 0.3 is 6.09 Å². The van der Waals surface area contributed by atoms with Gasteiger partial charge in [-0.1, -0.05) is 25.4 Å². The van der Waals surface area contributed by atoms with Crippen LogP contribution in [-0.4, -0.2) is 59.3 Å². The highest BCUT2D eigenvalue weighted by Gasteiger charge is 2.32. The van der Waals surface area contributed by atoms with Crippen molar-refractivity contribution in [3.05, 3.63) is 46.9 Å². The first kappa shape index (κ1) is 25.5. The number of hydrogen-bond acceptors (Lipinski definition) is 6. The van der Waals surface area contributed by atoms with Gasteiger partial charge in [-0.3, -0.25) is 14.7 Å². The summed E-state index contributed by atoms with van der Waals surface area (Å²) in [6.07, 6.45) is 1.13.